The summed E-state index contributed by atoms with van der Waals surface area (Å²) in [6.07, 6.45) is 3.62. The fourth-order valence-corrected chi connectivity index (χ4v) is 4.17. The molecule has 0 saturated carbocycles. The summed E-state index contributed by atoms with van der Waals surface area (Å²) in [7, 11) is 6.56. The van der Waals surface area contributed by atoms with Crippen LogP contribution in [0.3, 0.4) is 0 Å². The molecule has 36 heavy (non-hydrogen) atoms. The predicted molar refractivity (Wildman–Crippen MR) is 138 cm³/mol. The lowest BCUT2D eigenvalue weighted by Gasteiger charge is -2.19. The molecule has 1 amide bonds. The molecule has 0 atom stereocenters. The van der Waals surface area contributed by atoms with Crippen molar-refractivity contribution in [3.05, 3.63) is 83.4 Å². The Morgan fingerprint density at radius 2 is 1.69 bits per heavy atom. The number of aryl methyl sites for hydroxylation is 1. The molecule has 0 aliphatic heterocycles. The van der Waals surface area contributed by atoms with Crippen molar-refractivity contribution in [1.82, 2.24) is 19.7 Å². The number of pyridine rings is 1. The van der Waals surface area contributed by atoms with Gasteiger partial charge in [-0.1, -0.05) is 24.3 Å². The number of hydrogen-bond donors (Lipinski definition) is 0. The van der Waals surface area contributed by atoms with E-state index in [0.717, 1.165) is 33.8 Å². The minimum Gasteiger partial charge on any atom is -0.496 e. The van der Waals surface area contributed by atoms with Gasteiger partial charge in [0.05, 0.1) is 39.3 Å². The fraction of sp³-hybridized carbons (Fsp3) is 0.250. The Balaban J connectivity index is 1.75. The van der Waals surface area contributed by atoms with E-state index in [-0.39, 0.29) is 5.91 Å². The van der Waals surface area contributed by atoms with Crippen LogP contribution in [0.5, 0.6) is 17.2 Å². The third-order valence-corrected chi connectivity index (χ3v) is 6.12. The van der Waals surface area contributed by atoms with Gasteiger partial charge in [-0.05, 0) is 43.7 Å². The highest BCUT2D eigenvalue weighted by atomic mass is 16.5. The Kier molecular flexibility index (Phi) is 7.24. The highest BCUT2D eigenvalue weighted by Gasteiger charge is 2.24. The number of hydrogen-bond acceptors (Lipinski definition) is 6. The van der Waals surface area contributed by atoms with Gasteiger partial charge in [-0.3, -0.25) is 9.78 Å². The fourth-order valence-electron chi connectivity index (χ4n) is 4.17. The molecule has 0 bridgehead atoms. The van der Waals surface area contributed by atoms with Gasteiger partial charge in [0, 0.05) is 36.1 Å². The topological polar surface area (TPSA) is 78.7 Å². The van der Waals surface area contributed by atoms with Crippen LogP contribution < -0.4 is 14.2 Å². The van der Waals surface area contributed by atoms with Gasteiger partial charge in [-0.25, -0.2) is 4.68 Å². The molecule has 0 radical (unpaired) electrons. The second kappa shape index (κ2) is 10.5. The lowest BCUT2D eigenvalue weighted by Crippen LogP contribution is -2.28. The van der Waals surface area contributed by atoms with Crippen LogP contribution >= 0.6 is 0 Å². The minimum absolute atomic E-state index is 0.227. The van der Waals surface area contributed by atoms with Gasteiger partial charge in [0.15, 0.2) is 17.2 Å². The first kappa shape index (κ1) is 24.8. The molecule has 0 unspecified atom stereocenters. The quantitative estimate of drug-likeness (QED) is 0.354. The Morgan fingerprint density at radius 1 is 0.972 bits per heavy atom. The Morgan fingerprint density at radius 3 is 2.36 bits per heavy atom. The smallest absolute Gasteiger partial charge is 0.275 e. The normalized spacial score (nSPS) is 10.7. The summed E-state index contributed by atoms with van der Waals surface area (Å²) in [5.41, 5.74) is 5.27. The largest absolute Gasteiger partial charge is 0.496 e. The number of nitrogens with zero attached hydrogens (tertiary/aromatic N) is 4. The molecule has 4 aromatic rings. The Labute approximate surface area is 211 Å². The van der Waals surface area contributed by atoms with Gasteiger partial charge < -0.3 is 19.1 Å². The molecular weight excluding hydrogens is 456 g/mol. The van der Waals surface area contributed by atoms with Crippen LogP contribution in [0, 0.1) is 13.8 Å². The number of para-hydroxylation sites is 1. The molecular formula is C28H30N4O4. The van der Waals surface area contributed by atoms with Gasteiger partial charge in [-0.2, -0.15) is 5.10 Å². The number of ether oxygens (including phenoxy) is 3. The van der Waals surface area contributed by atoms with E-state index >= 15 is 0 Å². The van der Waals surface area contributed by atoms with Gasteiger partial charge >= 0.3 is 0 Å². The van der Waals surface area contributed by atoms with Crippen LogP contribution in [0.4, 0.5) is 0 Å². The number of rotatable bonds is 8. The van der Waals surface area contributed by atoms with Crippen LogP contribution in [-0.4, -0.2) is 53.9 Å². The molecule has 0 N–H and O–H groups in total. The molecule has 0 aliphatic carbocycles. The van der Waals surface area contributed by atoms with Gasteiger partial charge in [0.25, 0.3) is 5.91 Å². The standard InChI is InChI=1S/C28H30N4O4/c1-18-15-29-23(19(2)27(18)36-6)17-31(3)28(33)26-22(16-32(30-26)21-10-8-7-9-11-21)20-12-13-24(34-4)25(14-20)35-5/h7-16H,17H2,1-6H3. The van der Waals surface area contributed by atoms with Crippen LogP contribution in [0.25, 0.3) is 16.8 Å². The third-order valence-electron chi connectivity index (χ3n) is 6.12. The number of aromatic nitrogens is 3. The lowest BCUT2D eigenvalue weighted by atomic mass is 10.0. The molecule has 2 aromatic heterocycles. The summed E-state index contributed by atoms with van der Waals surface area (Å²) in [4.78, 5) is 19.9. The molecule has 4 rings (SSSR count). The van der Waals surface area contributed by atoms with Crippen molar-refractivity contribution >= 4 is 5.91 Å². The van der Waals surface area contributed by atoms with E-state index in [0.29, 0.717) is 29.3 Å². The van der Waals surface area contributed by atoms with Crippen molar-refractivity contribution in [2.75, 3.05) is 28.4 Å². The van der Waals surface area contributed by atoms with Crippen molar-refractivity contribution in [3.63, 3.8) is 0 Å². The zero-order valence-electron chi connectivity index (χ0n) is 21.4. The van der Waals surface area contributed by atoms with E-state index in [9.17, 15) is 4.79 Å². The number of carbonyl (C=O) groups is 1. The molecule has 0 fully saturated rings. The molecule has 0 saturated heterocycles. The van der Waals surface area contributed by atoms with E-state index in [4.69, 9.17) is 19.3 Å². The highest BCUT2D eigenvalue weighted by molar-refractivity contribution is 5.99. The van der Waals surface area contributed by atoms with Gasteiger partial charge in [0.2, 0.25) is 0 Å². The SMILES string of the molecule is COc1ccc(-c2cn(-c3ccccc3)nc2C(=O)N(C)Cc2ncc(C)c(OC)c2C)cc1OC. The zero-order valence-corrected chi connectivity index (χ0v) is 21.4. The van der Waals surface area contributed by atoms with E-state index in [2.05, 4.69) is 4.98 Å². The first-order chi connectivity index (χ1) is 17.4. The van der Waals surface area contributed by atoms with Crippen LogP contribution in [-0.2, 0) is 6.54 Å². The van der Waals surface area contributed by atoms with Crippen LogP contribution in [0.1, 0.15) is 27.3 Å². The van der Waals surface area contributed by atoms with Crippen LogP contribution in [0.15, 0.2) is 60.9 Å². The van der Waals surface area contributed by atoms with E-state index < -0.39 is 0 Å². The highest BCUT2D eigenvalue weighted by Crippen LogP contribution is 2.34. The Hall–Kier alpha value is -4.33. The summed E-state index contributed by atoms with van der Waals surface area (Å²) < 4.78 is 18.1. The lowest BCUT2D eigenvalue weighted by molar-refractivity contribution is 0.0777. The van der Waals surface area contributed by atoms with Crippen molar-refractivity contribution < 1.29 is 19.0 Å². The molecule has 8 heteroatoms. The monoisotopic (exact) mass is 486 g/mol. The van der Waals surface area contributed by atoms with E-state index in [1.165, 1.54) is 0 Å². The van der Waals surface area contributed by atoms with E-state index in [1.807, 2.05) is 68.6 Å². The first-order valence-corrected chi connectivity index (χ1v) is 11.5. The number of carbonyl (C=O) groups excluding carboxylic acids is 1. The first-order valence-electron chi connectivity index (χ1n) is 11.5. The molecule has 186 valence electrons. The third kappa shape index (κ3) is 4.75. The molecule has 2 heterocycles. The van der Waals surface area contributed by atoms with E-state index in [1.54, 1.807) is 44.2 Å². The van der Waals surface area contributed by atoms with Crippen molar-refractivity contribution in [3.8, 4) is 34.1 Å². The maximum absolute atomic E-state index is 13.7. The van der Waals surface area contributed by atoms with Crippen molar-refractivity contribution in [2.24, 2.45) is 0 Å². The number of methoxy groups -OCH3 is 3. The summed E-state index contributed by atoms with van der Waals surface area (Å²) in [6.45, 7) is 4.21. The average molecular weight is 487 g/mol. The van der Waals surface area contributed by atoms with Gasteiger partial charge in [0.1, 0.15) is 5.75 Å². The second-order valence-electron chi connectivity index (χ2n) is 8.45. The average Bonchev–Trinajstić information content (AvgIpc) is 3.35. The second-order valence-corrected chi connectivity index (χ2v) is 8.45. The zero-order chi connectivity index (χ0) is 25.8. The molecule has 0 aliphatic rings. The molecule has 2 aromatic carbocycles. The summed E-state index contributed by atoms with van der Waals surface area (Å²) in [5.74, 6) is 1.73. The molecule has 0 spiro atoms. The summed E-state index contributed by atoms with van der Waals surface area (Å²) in [6, 6.07) is 15.2. The summed E-state index contributed by atoms with van der Waals surface area (Å²) in [5, 5.41) is 4.70. The maximum atomic E-state index is 13.7. The molecule has 8 nitrogen and oxygen atoms in total. The van der Waals surface area contributed by atoms with Crippen LogP contribution in [0.2, 0.25) is 0 Å². The summed E-state index contributed by atoms with van der Waals surface area (Å²) >= 11 is 0. The van der Waals surface area contributed by atoms with Crippen molar-refractivity contribution in [1.29, 1.82) is 0 Å². The number of amides is 1. The minimum atomic E-state index is -0.227. The maximum Gasteiger partial charge on any atom is 0.275 e. The number of benzene rings is 2. The van der Waals surface area contributed by atoms with Crippen molar-refractivity contribution in [2.45, 2.75) is 20.4 Å². The Bertz CT molecular complexity index is 1380. The van der Waals surface area contributed by atoms with Gasteiger partial charge in [-0.15, -0.1) is 0 Å². The predicted octanol–water partition coefficient (Wildman–Crippen LogP) is 4.85.